The first-order chi connectivity index (χ1) is 11.2. The average Bonchev–Trinajstić information content (AvgIpc) is 2.89. The van der Waals surface area contributed by atoms with E-state index in [0.717, 1.165) is 12.0 Å². The Morgan fingerprint density at radius 2 is 2.00 bits per heavy atom. The van der Waals surface area contributed by atoms with Crippen molar-refractivity contribution in [1.82, 2.24) is 4.90 Å². The molecule has 1 saturated heterocycles. The van der Waals surface area contributed by atoms with Gasteiger partial charge in [-0.1, -0.05) is 26.0 Å². The molecule has 1 aliphatic rings. The third-order valence-corrected chi connectivity index (χ3v) is 3.95. The van der Waals surface area contributed by atoms with Crippen molar-refractivity contribution in [1.29, 1.82) is 0 Å². The van der Waals surface area contributed by atoms with E-state index in [9.17, 15) is 9.59 Å². The molecule has 0 aromatic heterocycles. The van der Waals surface area contributed by atoms with Gasteiger partial charge in [-0.3, -0.25) is 0 Å². The number of hydrogen-bond donors (Lipinski definition) is 0. The van der Waals surface area contributed by atoms with Gasteiger partial charge in [-0.15, -0.1) is 0 Å². The molecule has 0 N–H and O–H groups in total. The number of benzene rings is 1. The van der Waals surface area contributed by atoms with Crippen molar-refractivity contribution in [2.75, 3.05) is 13.1 Å². The summed E-state index contributed by atoms with van der Waals surface area (Å²) in [6.07, 6.45) is 0.107. The molecular formula is C19H27NO4. The normalized spacial score (nSPS) is 21.0. The first-order valence-corrected chi connectivity index (χ1v) is 8.39. The van der Waals surface area contributed by atoms with Gasteiger partial charge in [0.05, 0.1) is 12.5 Å². The molecule has 1 unspecified atom stereocenters. The maximum Gasteiger partial charge on any atom is 0.410 e. The van der Waals surface area contributed by atoms with Crippen molar-refractivity contribution in [3.63, 3.8) is 0 Å². The van der Waals surface area contributed by atoms with Crippen LogP contribution in [0.25, 0.3) is 0 Å². The van der Waals surface area contributed by atoms with Crippen LogP contribution in [-0.4, -0.2) is 42.1 Å². The standard InChI is InChI=1S/C19H27NO4/c1-13(2)14-7-6-8-16(9-14)23-17-11-20(10-15(17)12-21)18(22)24-19(3,4)5/h6-9,12-13,15,17H,10-11H2,1-5H3/t15-,17?/m1/s1. The molecule has 2 atom stereocenters. The van der Waals surface area contributed by atoms with Crippen LogP contribution in [0.2, 0.25) is 0 Å². The van der Waals surface area contributed by atoms with Crippen LogP contribution in [0.1, 0.15) is 46.1 Å². The lowest BCUT2D eigenvalue weighted by molar-refractivity contribution is -0.112. The Labute approximate surface area is 143 Å². The number of hydrogen-bond acceptors (Lipinski definition) is 4. The van der Waals surface area contributed by atoms with Gasteiger partial charge in [0.15, 0.2) is 0 Å². The number of likely N-dealkylation sites (tertiary alicyclic amines) is 1. The van der Waals surface area contributed by atoms with Gasteiger partial charge in [0.1, 0.15) is 23.7 Å². The molecule has 1 aromatic rings. The Hall–Kier alpha value is -2.04. The molecule has 0 aliphatic carbocycles. The first kappa shape index (κ1) is 18.3. The van der Waals surface area contributed by atoms with Gasteiger partial charge < -0.3 is 19.2 Å². The monoisotopic (exact) mass is 333 g/mol. The predicted octanol–water partition coefficient (Wildman–Crippen LogP) is 3.62. The van der Waals surface area contributed by atoms with Gasteiger partial charge in [-0.25, -0.2) is 4.79 Å². The van der Waals surface area contributed by atoms with Crippen LogP contribution in [0.5, 0.6) is 5.75 Å². The Morgan fingerprint density at radius 1 is 1.29 bits per heavy atom. The van der Waals surface area contributed by atoms with Gasteiger partial charge in [0.2, 0.25) is 0 Å². The van der Waals surface area contributed by atoms with Crippen LogP contribution in [0.15, 0.2) is 24.3 Å². The van der Waals surface area contributed by atoms with Crippen molar-refractivity contribution in [2.45, 2.75) is 52.2 Å². The Bertz CT molecular complexity index is 591. The minimum atomic E-state index is -0.557. The summed E-state index contributed by atoms with van der Waals surface area (Å²) in [4.78, 5) is 25.1. The van der Waals surface area contributed by atoms with Crippen LogP contribution in [0.3, 0.4) is 0 Å². The van der Waals surface area contributed by atoms with E-state index in [1.54, 1.807) is 4.90 Å². The van der Waals surface area contributed by atoms with Crippen LogP contribution in [0, 0.1) is 5.92 Å². The highest BCUT2D eigenvalue weighted by atomic mass is 16.6. The zero-order valence-corrected chi connectivity index (χ0v) is 15.1. The zero-order chi connectivity index (χ0) is 17.9. The minimum absolute atomic E-state index is 0.326. The highest BCUT2D eigenvalue weighted by Crippen LogP contribution is 2.26. The second kappa shape index (κ2) is 7.24. The fourth-order valence-corrected chi connectivity index (χ4v) is 2.65. The number of ether oxygens (including phenoxy) is 2. The molecule has 0 spiro atoms. The van der Waals surface area contributed by atoms with Crippen molar-refractivity contribution in [3.8, 4) is 5.75 Å². The molecule has 1 heterocycles. The fourth-order valence-electron chi connectivity index (χ4n) is 2.65. The SMILES string of the molecule is CC(C)c1cccc(OC2CN(C(=O)OC(C)(C)C)C[C@@H]2C=O)c1. The summed E-state index contributed by atoms with van der Waals surface area (Å²) in [5, 5.41) is 0. The molecule has 0 bridgehead atoms. The van der Waals surface area contributed by atoms with Gasteiger partial charge in [0.25, 0.3) is 0 Å². The summed E-state index contributed by atoms with van der Waals surface area (Å²) < 4.78 is 11.4. The zero-order valence-electron chi connectivity index (χ0n) is 15.1. The van der Waals surface area contributed by atoms with Crippen molar-refractivity contribution in [2.24, 2.45) is 5.92 Å². The lowest BCUT2D eigenvalue weighted by Crippen LogP contribution is -2.36. The van der Waals surface area contributed by atoms with E-state index >= 15 is 0 Å². The molecule has 24 heavy (non-hydrogen) atoms. The maximum absolute atomic E-state index is 12.2. The van der Waals surface area contributed by atoms with E-state index in [4.69, 9.17) is 9.47 Å². The van der Waals surface area contributed by atoms with Crippen LogP contribution in [-0.2, 0) is 9.53 Å². The third kappa shape index (κ3) is 4.73. The highest BCUT2D eigenvalue weighted by Gasteiger charge is 2.38. The van der Waals surface area contributed by atoms with E-state index < -0.39 is 11.7 Å². The van der Waals surface area contributed by atoms with Gasteiger partial charge in [-0.05, 0) is 44.4 Å². The number of aldehydes is 1. The summed E-state index contributed by atoms with van der Waals surface area (Å²) in [5.41, 5.74) is 0.621. The summed E-state index contributed by atoms with van der Waals surface area (Å²) in [6.45, 7) is 10.4. The summed E-state index contributed by atoms with van der Waals surface area (Å²) in [6, 6.07) is 7.87. The Kier molecular flexibility index (Phi) is 5.52. The molecule has 1 aromatic carbocycles. The summed E-state index contributed by atoms with van der Waals surface area (Å²) in [5.74, 6) is 0.779. The van der Waals surface area contributed by atoms with E-state index in [-0.39, 0.29) is 12.0 Å². The molecule has 1 fully saturated rings. The summed E-state index contributed by atoms with van der Waals surface area (Å²) >= 11 is 0. The van der Waals surface area contributed by atoms with Gasteiger partial charge in [0, 0.05) is 6.54 Å². The topological polar surface area (TPSA) is 55.8 Å². The third-order valence-electron chi connectivity index (χ3n) is 3.95. The minimum Gasteiger partial charge on any atom is -0.488 e. The van der Waals surface area contributed by atoms with E-state index in [0.29, 0.717) is 19.0 Å². The number of rotatable bonds is 4. The molecule has 5 heteroatoms. The molecule has 132 valence electrons. The molecule has 1 aliphatic heterocycles. The number of carbonyl (C=O) groups is 2. The number of amides is 1. The van der Waals surface area contributed by atoms with Crippen LogP contribution < -0.4 is 4.74 Å². The highest BCUT2D eigenvalue weighted by molar-refractivity contribution is 5.70. The molecule has 0 saturated carbocycles. The molecule has 0 radical (unpaired) electrons. The number of carbonyl (C=O) groups excluding carboxylic acids is 2. The van der Waals surface area contributed by atoms with E-state index in [2.05, 4.69) is 19.9 Å². The molecular weight excluding hydrogens is 306 g/mol. The molecule has 5 nitrogen and oxygen atoms in total. The lowest BCUT2D eigenvalue weighted by Gasteiger charge is -2.24. The van der Waals surface area contributed by atoms with Gasteiger partial charge in [-0.2, -0.15) is 0 Å². The second-order valence-corrected chi connectivity index (χ2v) is 7.57. The van der Waals surface area contributed by atoms with Gasteiger partial charge >= 0.3 is 6.09 Å². The Balaban J connectivity index is 2.06. The van der Waals surface area contributed by atoms with Crippen molar-refractivity contribution in [3.05, 3.63) is 29.8 Å². The molecule has 2 rings (SSSR count). The number of nitrogens with zero attached hydrogens (tertiary/aromatic N) is 1. The van der Waals surface area contributed by atoms with Crippen molar-refractivity contribution >= 4 is 12.4 Å². The fraction of sp³-hybridized carbons (Fsp3) is 0.579. The average molecular weight is 333 g/mol. The van der Waals surface area contributed by atoms with Crippen molar-refractivity contribution < 1.29 is 19.1 Å². The quantitative estimate of drug-likeness (QED) is 0.790. The van der Waals surface area contributed by atoms with Crippen LogP contribution in [0.4, 0.5) is 4.79 Å². The summed E-state index contributed by atoms with van der Waals surface area (Å²) in [7, 11) is 0. The second-order valence-electron chi connectivity index (χ2n) is 7.57. The van der Waals surface area contributed by atoms with Crippen LogP contribution >= 0.6 is 0 Å². The maximum atomic E-state index is 12.2. The lowest BCUT2D eigenvalue weighted by atomic mass is 10.0. The first-order valence-electron chi connectivity index (χ1n) is 8.39. The predicted molar refractivity (Wildman–Crippen MR) is 92.3 cm³/mol. The van der Waals surface area contributed by atoms with E-state index in [1.807, 2.05) is 39.0 Å². The smallest absolute Gasteiger partial charge is 0.410 e. The molecule has 1 amide bonds. The largest absolute Gasteiger partial charge is 0.488 e. The Morgan fingerprint density at radius 3 is 2.58 bits per heavy atom. The van der Waals surface area contributed by atoms with E-state index in [1.165, 1.54) is 5.56 Å².